The summed E-state index contributed by atoms with van der Waals surface area (Å²) < 4.78 is 0. The van der Waals surface area contributed by atoms with Gasteiger partial charge in [0.1, 0.15) is 0 Å². The van der Waals surface area contributed by atoms with Crippen molar-refractivity contribution in [1.29, 1.82) is 0 Å². The maximum absolute atomic E-state index is 3.91. The molecule has 0 heterocycles. The zero-order valence-corrected chi connectivity index (χ0v) is 7.20. The standard InChI is InChI=1S/C10H15N/c1-4-5-6-7-8-10(2)9-11-3/h4-10H,1H2,2-3H3/b6-5-,8-7-,11-9?. The average Bonchev–Trinajstić information content (AvgIpc) is 1.99. The van der Waals surface area contributed by atoms with Crippen LogP contribution in [-0.2, 0) is 0 Å². The SMILES string of the molecule is C=C/C=C\C=C/C(C)C=NC. The Morgan fingerprint density at radius 3 is 2.55 bits per heavy atom. The molecule has 0 amide bonds. The minimum atomic E-state index is 0.412. The minimum absolute atomic E-state index is 0.412. The highest BCUT2D eigenvalue weighted by molar-refractivity contribution is 5.62. The maximum Gasteiger partial charge on any atom is 0.0273 e. The Balaban J connectivity index is 3.72. The molecular formula is C10H15N. The fourth-order valence-corrected chi connectivity index (χ4v) is 0.667. The van der Waals surface area contributed by atoms with Crippen LogP contribution in [0, 0.1) is 5.92 Å². The van der Waals surface area contributed by atoms with Crippen LogP contribution in [0.15, 0.2) is 42.0 Å². The normalized spacial score (nSPS) is 15.1. The van der Waals surface area contributed by atoms with E-state index < -0.39 is 0 Å². The molecule has 1 atom stereocenters. The third-order valence-corrected chi connectivity index (χ3v) is 1.16. The highest BCUT2D eigenvalue weighted by Gasteiger charge is 1.85. The molecule has 0 fully saturated rings. The van der Waals surface area contributed by atoms with Crippen LogP contribution in [0.4, 0.5) is 0 Å². The monoisotopic (exact) mass is 149 g/mol. The summed E-state index contributed by atoms with van der Waals surface area (Å²) in [4.78, 5) is 3.91. The van der Waals surface area contributed by atoms with E-state index in [0.717, 1.165) is 0 Å². The first kappa shape index (κ1) is 9.89. The van der Waals surface area contributed by atoms with Crippen molar-refractivity contribution in [2.45, 2.75) is 6.92 Å². The van der Waals surface area contributed by atoms with E-state index in [0.29, 0.717) is 5.92 Å². The third-order valence-electron chi connectivity index (χ3n) is 1.16. The molecule has 11 heavy (non-hydrogen) atoms. The topological polar surface area (TPSA) is 12.4 Å². The average molecular weight is 149 g/mol. The van der Waals surface area contributed by atoms with Crippen LogP contribution >= 0.6 is 0 Å². The molecule has 0 aliphatic heterocycles. The lowest BCUT2D eigenvalue weighted by Gasteiger charge is -1.92. The molecule has 1 nitrogen and oxygen atoms in total. The molecule has 0 aliphatic carbocycles. The Hall–Kier alpha value is -1.11. The van der Waals surface area contributed by atoms with Crippen LogP contribution in [-0.4, -0.2) is 13.3 Å². The molecule has 0 spiro atoms. The van der Waals surface area contributed by atoms with Gasteiger partial charge in [-0.05, 0) is 0 Å². The van der Waals surface area contributed by atoms with E-state index in [2.05, 4.69) is 24.6 Å². The van der Waals surface area contributed by atoms with Gasteiger partial charge in [0.15, 0.2) is 0 Å². The Kier molecular flexibility index (Phi) is 6.30. The second kappa shape index (κ2) is 7.00. The first-order valence-corrected chi connectivity index (χ1v) is 3.69. The van der Waals surface area contributed by atoms with Gasteiger partial charge in [-0.2, -0.15) is 0 Å². The molecule has 1 heteroatoms. The zero-order chi connectivity index (χ0) is 8.53. The third kappa shape index (κ3) is 6.78. The van der Waals surface area contributed by atoms with E-state index in [-0.39, 0.29) is 0 Å². The van der Waals surface area contributed by atoms with E-state index in [1.165, 1.54) is 0 Å². The van der Waals surface area contributed by atoms with Gasteiger partial charge in [-0.3, -0.25) is 0 Å². The Morgan fingerprint density at radius 1 is 1.27 bits per heavy atom. The summed E-state index contributed by atoms with van der Waals surface area (Å²) in [6.45, 7) is 5.66. The first-order chi connectivity index (χ1) is 5.31. The Labute approximate surface area is 68.9 Å². The van der Waals surface area contributed by atoms with Crippen LogP contribution < -0.4 is 0 Å². The smallest absolute Gasteiger partial charge is 0.0273 e. The van der Waals surface area contributed by atoms with Gasteiger partial charge in [-0.25, -0.2) is 0 Å². The number of aliphatic imine (C=N–C) groups is 1. The summed E-state index contributed by atoms with van der Waals surface area (Å²) in [5, 5.41) is 0. The highest BCUT2D eigenvalue weighted by Crippen LogP contribution is 1.92. The second-order valence-electron chi connectivity index (χ2n) is 2.27. The van der Waals surface area contributed by atoms with Crippen LogP contribution in [0.5, 0.6) is 0 Å². The van der Waals surface area contributed by atoms with Crippen LogP contribution in [0.2, 0.25) is 0 Å². The lowest BCUT2D eigenvalue weighted by Crippen LogP contribution is -1.88. The van der Waals surface area contributed by atoms with Crippen molar-refractivity contribution in [2.24, 2.45) is 10.9 Å². The summed E-state index contributed by atoms with van der Waals surface area (Å²) >= 11 is 0. The molecule has 0 aromatic carbocycles. The molecule has 0 bridgehead atoms. The highest BCUT2D eigenvalue weighted by atomic mass is 14.6. The van der Waals surface area contributed by atoms with Gasteiger partial charge in [0.2, 0.25) is 0 Å². The molecular weight excluding hydrogens is 134 g/mol. The molecule has 0 aromatic rings. The van der Waals surface area contributed by atoms with Crippen molar-refractivity contribution in [3.8, 4) is 0 Å². The van der Waals surface area contributed by atoms with Gasteiger partial charge in [-0.1, -0.05) is 43.9 Å². The van der Waals surface area contributed by atoms with Crippen LogP contribution in [0.1, 0.15) is 6.92 Å². The van der Waals surface area contributed by atoms with E-state index in [1.807, 2.05) is 24.4 Å². The molecule has 0 aromatic heterocycles. The molecule has 0 saturated carbocycles. The van der Waals surface area contributed by atoms with Crippen molar-refractivity contribution in [3.63, 3.8) is 0 Å². The lowest BCUT2D eigenvalue weighted by molar-refractivity contribution is 1.02. The fourth-order valence-electron chi connectivity index (χ4n) is 0.667. The zero-order valence-electron chi connectivity index (χ0n) is 7.20. The number of hydrogen-bond acceptors (Lipinski definition) is 1. The molecule has 0 rings (SSSR count). The summed E-state index contributed by atoms with van der Waals surface area (Å²) in [7, 11) is 1.78. The minimum Gasteiger partial charge on any atom is -0.300 e. The van der Waals surface area contributed by atoms with Crippen molar-refractivity contribution in [3.05, 3.63) is 37.0 Å². The second-order valence-corrected chi connectivity index (χ2v) is 2.27. The van der Waals surface area contributed by atoms with Gasteiger partial charge in [0, 0.05) is 19.2 Å². The molecule has 60 valence electrons. The van der Waals surface area contributed by atoms with Crippen molar-refractivity contribution in [1.82, 2.24) is 0 Å². The van der Waals surface area contributed by atoms with Crippen LogP contribution in [0.3, 0.4) is 0 Å². The summed E-state index contributed by atoms with van der Waals surface area (Å²) in [6, 6.07) is 0. The summed E-state index contributed by atoms with van der Waals surface area (Å²) in [5.74, 6) is 0.412. The Bertz CT molecular complexity index is 175. The van der Waals surface area contributed by atoms with E-state index in [9.17, 15) is 0 Å². The number of allylic oxidation sites excluding steroid dienone is 5. The van der Waals surface area contributed by atoms with Gasteiger partial charge >= 0.3 is 0 Å². The number of hydrogen-bond donors (Lipinski definition) is 0. The van der Waals surface area contributed by atoms with E-state index in [1.54, 1.807) is 13.1 Å². The lowest BCUT2D eigenvalue weighted by atomic mass is 10.2. The predicted octanol–water partition coefficient (Wildman–Crippen LogP) is 2.62. The van der Waals surface area contributed by atoms with Crippen molar-refractivity contribution >= 4 is 6.21 Å². The largest absolute Gasteiger partial charge is 0.300 e. The number of nitrogens with zero attached hydrogens (tertiary/aromatic N) is 1. The van der Waals surface area contributed by atoms with Gasteiger partial charge < -0.3 is 4.99 Å². The first-order valence-electron chi connectivity index (χ1n) is 3.69. The molecule has 0 aliphatic rings. The van der Waals surface area contributed by atoms with Gasteiger partial charge in [0.05, 0.1) is 0 Å². The fraction of sp³-hybridized carbons (Fsp3) is 0.300. The van der Waals surface area contributed by atoms with Gasteiger partial charge in [0.25, 0.3) is 0 Å². The summed E-state index contributed by atoms with van der Waals surface area (Å²) in [6.07, 6.45) is 11.6. The predicted molar refractivity (Wildman–Crippen MR) is 52.1 cm³/mol. The Morgan fingerprint density at radius 2 is 2.00 bits per heavy atom. The molecule has 0 radical (unpaired) electrons. The van der Waals surface area contributed by atoms with Crippen molar-refractivity contribution in [2.75, 3.05) is 7.05 Å². The van der Waals surface area contributed by atoms with E-state index >= 15 is 0 Å². The molecule has 0 saturated heterocycles. The molecule has 1 unspecified atom stereocenters. The van der Waals surface area contributed by atoms with E-state index in [4.69, 9.17) is 0 Å². The quantitative estimate of drug-likeness (QED) is 0.430. The van der Waals surface area contributed by atoms with Crippen LogP contribution in [0.25, 0.3) is 0 Å². The summed E-state index contributed by atoms with van der Waals surface area (Å²) in [5.41, 5.74) is 0. The van der Waals surface area contributed by atoms with Crippen molar-refractivity contribution < 1.29 is 0 Å². The van der Waals surface area contributed by atoms with Gasteiger partial charge in [-0.15, -0.1) is 0 Å². The maximum atomic E-state index is 3.91. The molecule has 0 N–H and O–H groups in total. The number of rotatable bonds is 4.